The second-order valence-electron chi connectivity index (χ2n) is 6.65. The molecule has 1 saturated heterocycles. The van der Waals surface area contributed by atoms with Gasteiger partial charge in [-0.2, -0.15) is 0 Å². The SMILES string of the molecule is Cc1nonc1C(=O)NC1CCCN(C2CCCCCC2)C1. The average molecular weight is 306 g/mol. The van der Waals surface area contributed by atoms with Crippen LogP contribution in [0.3, 0.4) is 0 Å². The maximum absolute atomic E-state index is 12.2. The first kappa shape index (κ1) is 15.5. The van der Waals surface area contributed by atoms with Crippen molar-refractivity contribution in [1.82, 2.24) is 20.5 Å². The summed E-state index contributed by atoms with van der Waals surface area (Å²) in [7, 11) is 0. The van der Waals surface area contributed by atoms with Gasteiger partial charge in [0.25, 0.3) is 5.91 Å². The first-order chi connectivity index (χ1) is 10.7. The summed E-state index contributed by atoms with van der Waals surface area (Å²) in [4.78, 5) is 14.8. The number of piperidine rings is 1. The molecule has 22 heavy (non-hydrogen) atoms. The second kappa shape index (κ2) is 7.22. The third-order valence-corrected chi connectivity index (χ3v) is 5.00. The van der Waals surface area contributed by atoms with Gasteiger partial charge in [0.15, 0.2) is 5.69 Å². The Kier molecular flexibility index (Phi) is 5.08. The summed E-state index contributed by atoms with van der Waals surface area (Å²) in [5.41, 5.74) is 0.862. The average Bonchev–Trinajstić information content (AvgIpc) is 2.78. The van der Waals surface area contributed by atoms with Crippen molar-refractivity contribution in [1.29, 1.82) is 0 Å². The summed E-state index contributed by atoms with van der Waals surface area (Å²) in [5, 5.41) is 10.5. The van der Waals surface area contributed by atoms with Gasteiger partial charge in [0.1, 0.15) is 5.69 Å². The molecule has 6 nitrogen and oxygen atoms in total. The van der Waals surface area contributed by atoms with E-state index in [2.05, 4.69) is 25.2 Å². The zero-order valence-corrected chi connectivity index (χ0v) is 13.4. The number of aromatic nitrogens is 2. The van der Waals surface area contributed by atoms with Crippen LogP contribution in [0.15, 0.2) is 4.63 Å². The van der Waals surface area contributed by atoms with Gasteiger partial charge < -0.3 is 5.32 Å². The molecule has 1 atom stereocenters. The van der Waals surface area contributed by atoms with E-state index < -0.39 is 0 Å². The van der Waals surface area contributed by atoms with Crippen LogP contribution in [0.1, 0.15) is 67.5 Å². The number of carbonyl (C=O) groups is 1. The van der Waals surface area contributed by atoms with Gasteiger partial charge in [-0.25, -0.2) is 4.63 Å². The lowest BCUT2D eigenvalue weighted by molar-refractivity contribution is 0.0851. The lowest BCUT2D eigenvalue weighted by Gasteiger charge is -2.38. The highest BCUT2D eigenvalue weighted by atomic mass is 16.6. The van der Waals surface area contributed by atoms with Crippen molar-refractivity contribution in [3.8, 4) is 0 Å². The molecule has 1 aliphatic carbocycles. The summed E-state index contributed by atoms with van der Waals surface area (Å²) in [5.74, 6) is -0.161. The minimum Gasteiger partial charge on any atom is -0.347 e. The van der Waals surface area contributed by atoms with Crippen LogP contribution in [0.25, 0.3) is 0 Å². The number of amides is 1. The van der Waals surface area contributed by atoms with Gasteiger partial charge >= 0.3 is 0 Å². The molecule has 1 N–H and O–H groups in total. The number of nitrogens with zero attached hydrogens (tertiary/aromatic N) is 3. The van der Waals surface area contributed by atoms with Crippen LogP contribution in [0, 0.1) is 6.92 Å². The van der Waals surface area contributed by atoms with Crippen LogP contribution in [0.4, 0.5) is 0 Å². The fourth-order valence-electron chi connectivity index (χ4n) is 3.77. The lowest BCUT2D eigenvalue weighted by Crippen LogP contribution is -2.51. The van der Waals surface area contributed by atoms with Crippen LogP contribution in [0.5, 0.6) is 0 Å². The topological polar surface area (TPSA) is 71.3 Å². The molecule has 2 fully saturated rings. The largest absolute Gasteiger partial charge is 0.347 e. The first-order valence-electron chi connectivity index (χ1n) is 8.58. The fraction of sp³-hybridized carbons (Fsp3) is 0.812. The van der Waals surface area contributed by atoms with Crippen molar-refractivity contribution in [3.05, 3.63) is 11.4 Å². The molecule has 1 amide bonds. The van der Waals surface area contributed by atoms with Crippen molar-refractivity contribution >= 4 is 5.91 Å². The normalized spacial score (nSPS) is 24.9. The molecule has 122 valence electrons. The zero-order chi connectivity index (χ0) is 15.4. The van der Waals surface area contributed by atoms with E-state index in [4.69, 9.17) is 0 Å². The summed E-state index contributed by atoms with van der Waals surface area (Å²) < 4.78 is 4.61. The van der Waals surface area contributed by atoms with Gasteiger partial charge in [-0.05, 0) is 44.3 Å². The second-order valence-corrected chi connectivity index (χ2v) is 6.65. The molecule has 1 unspecified atom stereocenters. The van der Waals surface area contributed by atoms with Gasteiger partial charge in [0.05, 0.1) is 0 Å². The minimum absolute atomic E-state index is 0.161. The molecule has 0 spiro atoms. The molecule has 2 heterocycles. The molecule has 0 bridgehead atoms. The number of nitrogens with one attached hydrogen (secondary N) is 1. The zero-order valence-electron chi connectivity index (χ0n) is 13.4. The molecule has 1 aromatic heterocycles. The Morgan fingerprint density at radius 3 is 2.59 bits per heavy atom. The summed E-state index contributed by atoms with van der Waals surface area (Å²) in [6.45, 7) is 3.87. The molecule has 0 aromatic carbocycles. The number of carbonyl (C=O) groups excluding carboxylic acids is 1. The van der Waals surface area contributed by atoms with Gasteiger partial charge in [0.2, 0.25) is 0 Å². The fourth-order valence-corrected chi connectivity index (χ4v) is 3.77. The Labute approximate surface area is 131 Å². The third kappa shape index (κ3) is 3.66. The number of likely N-dealkylation sites (tertiary alicyclic amines) is 1. The highest BCUT2D eigenvalue weighted by molar-refractivity contribution is 5.93. The van der Waals surface area contributed by atoms with Crippen molar-refractivity contribution in [2.24, 2.45) is 0 Å². The van der Waals surface area contributed by atoms with E-state index in [1.165, 1.54) is 45.1 Å². The van der Waals surface area contributed by atoms with E-state index in [9.17, 15) is 4.79 Å². The van der Waals surface area contributed by atoms with Crippen LogP contribution in [-0.4, -0.2) is 46.3 Å². The van der Waals surface area contributed by atoms with Crippen LogP contribution >= 0.6 is 0 Å². The van der Waals surface area contributed by atoms with Crippen LogP contribution < -0.4 is 5.32 Å². The third-order valence-electron chi connectivity index (χ3n) is 5.00. The molecule has 1 aliphatic heterocycles. The molecule has 6 heteroatoms. The van der Waals surface area contributed by atoms with Crippen molar-refractivity contribution < 1.29 is 9.42 Å². The highest BCUT2D eigenvalue weighted by Crippen LogP contribution is 2.24. The van der Waals surface area contributed by atoms with Crippen molar-refractivity contribution in [2.45, 2.75) is 70.4 Å². The quantitative estimate of drug-likeness (QED) is 0.868. The van der Waals surface area contributed by atoms with Crippen LogP contribution in [0.2, 0.25) is 0 Å². The Morgan fingerprint density at radius 2 is 1.91 bits per heavy atom. The van der Waals surface area contributed by atoms with Gasteiger partial charge in [-0.15, -0.1) is 0 Å². The van der Waals surface area contributed by atoms with Gasteiger partial charge in [0, 0.05) is 18.6 Å². The minimum atomic E-state index is -0.161. The Bertz CT molecular complexity index is 494. The summed E-state index contributed by atoms with van der Waals surface area (Å²) in [6, 6.07) is 0.915. The van der Waals surface area contributed by atoms with Crippen LogP contribution in [-0.2, 0) is 0 Å². The van der Waals surface area contributed by atoms with E-state index in [1.807, 2.05) is 0 Å². The Morgan fingerprint density at radius 1 is 1.14 bits per heavy atom. The molecule has 3 rings (SSSR count). The Balaban J connectivity index is 1.56. The maximum atomic E-state index is 12.2. The Hall–Kier alpha value is -1.43. The standard InChI is InChI=1S/C16H26N4O2/c1-12-15(19-22-18-12)16(21)17-13-7-6-10-20(11-13)14-8-4-2-3-5-9-14/h13-14H,2-11H2,1H3,(H,17,21). The predicted octanol–water partition coefficient (Wildman–Crippen LogP) is 2.30. The number of rotatable bonds is 3. The maximum Gasteiger partial charge on any atom is 0.275 e. The smallest absolute Gasteiger partial charge is 0.275 e. The van der Waals surface area contributed by atoms with E-state index >= 15 is 0 Å². The van der Waals surface area contributed by atoms with E-state index in [0.29, 0.717) is 17.4 Å². The molecule has 1 aromatic rings. The molecular weight excluding hydrogens is 280 g/mol. The molecule has 1 saturated carbocycles. The van der Waals surface area contributed by atoms with E-state index in [0.717, 1.165) is 19.4 Å². The molecular formula is C16H26N4O2. The van der Waals surface area contributed by atoms with E-state index in [1.54, 1.807) is 6.92 Å². The number of hydrogen-bond acceptors (Lipinski definition) is 5. The van der Waals surface area contributed by atoms with Gasteiger partial charge in [-0.1, -0.05) is 30.8 Å². The first-order valence-corrected chi connectivity index (χ1v) is 8.58. The number of hydrogen-bond donors (Lipinski definition) is 1. The summed E-state index contributed by atoms with van der Waals surface area (Å²) in [6.07, 6.45) is 10.3. The highest BCUT2D eigenvalue weighted by Gasteiger charge is 2.28. The monoisotopic (exact) mass is 306 g/mol. The predicted molar refractivity (Wildman–Crippen MR) is 82.6 cm³/mol. The molecule has 0 radical (unpaired) electrons. The number of aryl methyl sites for hydroxylation is 1. The van der Waals surface area contributed by atoms with E-state index in [-0.39, 0.29) is 11.9 Å². The summed E-state index contributed by atoms with van der Waals surface area (Å²) >= 11 is 0. The lowest BCUT2D eigenvalue weighted by atomic mass is 10.00. The van der Waals surface area contributed by atoms with Crippen molar-refractivity contribution in [3.63, 3.8) is 0 Å². The van der Waals surface area contributed by atoms with Crippen molar-refractivity contribution in [2.75, 3.05) is 13.1 Å². The van der Waals surface area contributed by atoms with Gasteiger partial charge in [-0.3, -0.25) is 9.69 Å². The molecule has 2 aliphatic rings.